The van der Waals surface area contributed by atoms with Gasteiger partial charge in [-0.05, 0) is 18.1 Å². The lowest BCUT2D eigenvalue weighted by molar-refractivity contribution is -0.194. The summed E-state index contributed by atoms with van der Waals surface area (Å²) in [6, 6.07) is 18.3. The number of carbonyl (C=O) groups excluding carboxylic acids is 2. The lowest BCUT2D eigenvalue weighted by Crippen LogP contribution is -2.76. The number of fused-ring (bicyclic) bond motifs is 1. The summed E-state index contributed by atoms with van der Waals surface area (Å²) >= 11 is 0. The molecule has 4 atom stereocenters. The van der Waals surface area contributed by atoms with Gasteiger partial charge in [0.1, 0.15) is 11.9 Å². The fourth-order valence-corrected chi connectivity index (χ4v) is 4.36. The number of likely N-dealkylation sites (tertiary alicyclic amines) is 1. The summed E-state index contributed by atoms with van der Waals surface area (Å²) in [5, 5.41) is 10.5. The normalized spacial score (nSPS) is 28.4. The maximum Gasteiger partial charge on any atom is 0.258 e. The first-order chi connectivity index (χ1) is 12.6. The fraction of sp³-hybridized carbons (Fsp3) is 0.333. The number of hydrogen-bond acceptors (Lipinski definition) is 4. The number of rotatable bonds is 5. The standard InChI is InChI=1S/C21H21NO4/c1-14(23)18(16-10-6-3-7-11-16)21-19(17(24)13-26-21)22(20(21)25)12-15-8-4-2-5-9-15/h2-11,17-19,24H,12-13H2,1H3/t17-,18-,19+,21-/m1/s1. The van der Waals surface area contributed by atoms with E-state index in [0.29, 0.717) is 6.54 Å². The van der Waals surface area contributed by atoms with Gasteiger partial charge in [-0.25, -0.2) is 0 Å². The summed E-state index contributed by atoms with van der Waals surface area (Å²) in [4.78, 5) is 27.3. The molecule has 0 aromatic heterocycles. The Balaban J connectivity index is 1.71. The van der Waals surface area contributed by atoms with Crippen molar-refractivity contribution in [2.24, 2.45) is 0 Å². The average molecular weight is 351 g/mol. The van der Waals surface area contributed by atoms with Crippen LogP contribution in [0.15, 0.2) is 60.7 Å². The van der Waals surface area contributed by atoms with Gasteiger partial charge in [-0.2, -0.15) is 0 Å². The first kappa shape index (κ1) is 16.9. The van der Waals surface area contributed by atoms with Gasteiger partial charge < -0.3 is 14.7 Å². The quantitative estimate of drug-likeness (QED) is 0.836. The number of β-lactam (4-membered cyclic amide) rings is 1. The summed E-state index contributed by atoms with van der Waals surface area (Å²) in [7, 11) is 0. The van der Waals surface area contributed by atoms with Crippen LogP contribution in [0.5, 0.6) is 0 Å². The lowest BCUT2D eigenvalue weighted by atomic mass is 9.68. The molecular weight excluding hydrogens is 330 g/mol. The van der Waals surface area contributed by atoms with Crippen molar-refractivity contribution >= 4 is 11.7 Å². The Morgan fingerprint density at radius 2 is 1.81 bits per heavy atom. The Hall–Kier alpha value is -2.50. The first-order valence-electron chi connectivity index (χ1n) is 8.78. The molecular formula is C21H21NO4. The zero-order valence-electron chi connectivity index (χ0n) is 14.5. The smallest absolute Gasteiger partial charge is 0.258 e. The number of ether oxygens (including phenoxy) is 1. The van der Waals surface area contributed by atoms with Gasteiger partial charge in [-0.1, -0.05) is 60.7 Å². The maximum absolute atomic E-state index is 13.2. The molecule has 0 saturated carbocycles. The van der Waals surface area contributed by atoms with Crippen LogP contribution < -0.4 is 0 Å². The third-order valence-corrected chi connectivity index (χ3v) is 5.39. The second-order valence-electron chi connectivity index (χ2n) is 6.99. The minimum Gasteiger partial charge on any atom is -0.388 e. The van der Waals surface area contributed by atoms with Gasteiger partial charge in [0.25, 0.3) is 5.91 Å². The van der Waals surface area contributed by atoms with Crippen molar-refractivity contribution in [3.63, 3.8) is 0 Å². The Kier molecular flexibility index (Phi) is 4.13. The lowest BCUT2D eigenvalue weighted by Gasteiger charge is -2.54. The fourth-order valence-electron chi connectivity index (χ4n) is 4.36. The third-order valence-electron chi connectivity index (χ3n) is 5.39. The molecule has 26 heavy (non-hydrogen) atoms. The molecule has 2 saturated heterocycles. The summed E-state index contributed by atoms with van der Waals surface area (Å²) in [6.45, 7) is 1.93. The highest BCUT2D eigenvalue weighted by Crippen LogP contribution is 2.51. The predicted octanol–water partition coefficient (Wildman–Crippen LogP) is 1.90. The topological polar surface area (TPSA) is 66.8 Å². The van der Waals surface area contributed by atoms with Crippen molar-refractivity contribution in [1.82, 2.24) is 4.90 Å². The summed E-state index contributed by atoms with van der Waals surface area (Å²) in [6.07, 6.45) is -0.804. The molecule has 0 unspecified atom stereocenters. The minimum atomic E-state index is -1.30. The maximum atomic E-state index is 13.2. The molecule has 1 amide bonds. The molecule has 1 N–H and O–H groups in total. The van der Waals surface area contributed by atoms with Gasteiger partial charge in [-0.15, -0.1) is 0 Å². The number of aliphatic hydroxyl groups excluding tert-OH is 1. The van der Waals surface area contributed by atoms with Crippen LogP contribution in [-0.2, 0) is 20.9 Å². The molecule has 0 radical (unpaired) electrons. The van der Waals surface area contributed by atoms with Crippen molar-refractivity contribution in [2.75, 3.05) is 6.61 Å². The van der Waals surface area contributed by atoms with Crippen LogP contribution in [0.25, 0.3) is 0 Å². The number of Topliss-reactive ketones (excluding diaryl/α,β-unsaturated/α-hetero) is 1. The molecule has 2 aliphatic heterocycles. The van der Waals surface area contributed by atoms with Crippen molar-refractivity contribution in [3.8, 4) is 0 Å². The Morgan fingerprint density at radius 3 is 2.42 bits per heavy atom. The Labute approximate surface area is 152 Å². The van der Waals surface area contributed by atoms with Gasteiger partial charge in [-0.3, -0.25) is 9.59 Å². The number of hydrogen-bond donors (Lipinski definition) is 1. The molecule has 134 valence electrons. The van der Waals surface area contributed by atoms with Crippen LogP contribution in [0.2, 0.25) is 0 Å². The molecule has 0 aliphatic carbocycles. The highest BCUT2D eigenvalue weighted by atomic mass is 16.5. The Bertz CT molecular complexity index is 822. The molecule has 4 rings (SSSR count). The van der Waals surface area contributed by atoms with E-state index in [2.05, 4.69) is 0 Å². The van der Waals surface area contributed by atoms with Gasteiger partial charge in [0.15, 0.2) is 5.60 Å². The zero-order valence-corrected chi connectivity index (χ0v) is 14.5. The van der Waals surface area contributed by atoms with Crippen LogP contribution in [-0.4, -0.2) is 46.1 Å². The van der Waals surface area contributed by atoms with E-state index < -0.39 is 23.7 Å². The zero-order chi connectivity index (χ0) is 18.3. The van der Waals surface area contributed by atoms with E-state index in [0.717, 1.165) is 11.1 Å². The van der Waals surface area contributed by atoms with Crippen molar-refractivity contribution < 1.29 is 19.4 Å². The number of ketones is 1. The molecule has 0 bridgehead atoms. The number of carbonyl (C=O) groups is 2. The minimum absolute atomic E-state index is 0.0539. The summed E-state index contributed by atoms with van der Waals surface area (Å²) < 4.78 is 5.85. The highest BCUT2D eigenvalue weighted by molar-refractivity contribution is 6.02. The van der Waals surface area contributed by atoms with E-state index in [-0.39, 0.29) is 18.3 Å². The number of amides is 1. The second-order valence-corrected chi connectivity index (χ2v) is 6.99. The molecule has 5 nitrogen and oxygen atoms in total. The van der Waals surface area contributed by atoms with Gasteiger partial charge in [0.2, 0.25) is 0 Å². The average Bonchev–Trinajstić information content (AvgIpc) is 2.95. The van der Waals surface area contributed by atoms with E-state index >= 15 is 0 Å². The van der Waals surface area contributed by atoms with E-state index in [1.807, 2.05) is 60.7 Å². The van der Waals surface area contributed by atoms with Crippen molar-refractivity contribution in [1.29, 1.82) is 0 Å². The Morgan fingerprint density at radius 1 is 1.19 bits per heavy atom. The SMILES string of the molecule is CC(=O)[C@H](c1ccccc1)[C@@]12OC[C@@H](O)[C@@H]1N(Cc1ccccc1)C2=O. The summed E-state index contributed by atoms with van der Waals surface area (Å²) in [5.41, 5.74) is 0.418. The molecule has 5 heteroatoms. The molecule has 2 aromatic rings. The van der Waals surface area contributed by atoms with Gasteiger partial charge in [0.05, 0.1) is 18.6 Å². The molecule has 0 spiro atoms. The monoisotopic (exact) mass is 351 g/mol. The van der Waals surface area contributed by atoms with E-state index in [4.69, 9.17) is 4.74 Å². The van der Waals surface area contributed by atoms with E-state index in [9.17, 15) is 14.7 Å². The number of nitrogens with zero attached hydrogens (tertiary/aromatic N) is 1. The number of aliphatic hydroxyl groups is 1. The summed E-state index contributed by atoms with van der Waals surface area (Å²) in [5.74, 6) is -1.08. The van der Waals surface area contributed by atoms with E-state index in [1.165, 1.54) is 6.92 Å². The molecule has 2 aliphatic rings. The molecule has 2 fully saturated rings. The van der Waals surface area contributed by atoms with Crippen LogP contribution >= 0.6 is 0 Å². The van der Waals surface area contributed by atoms with Gasteiger partial charge in [0, 0.05) is 6.54 Å². The van der Waals surface area contributed by atoms with Crippen LogP contribution in [0.4, 0.5) is 0 Å². The van der Waals surface area contributed by atoms with Crippen LogP contribution in [0.1, 0.15) is 24.0 Å². The van der Waals surface area contributed by atoms with Gasteiger partial charge >= 0.3 is 0 Å². The molecule has 2 aromatic carbocycles. The first-order valence-corrected chi connectivity index (χ1v) is 8.78. The second kappa shape index (κ2) is 6.34. The predicted molar refractivity (Wildman–Crippen MR) is 95.3 cm³/mol. The number of benzene rings is 2. The van der Waals surface area contributed by atoms with Crippen molar-refractivity contribution in [3.05, 3.63) is 71.8 Å². The van der Waals surface area contributed by atoms with Crippen molar-refractivity contribution in [2.45, 2.75) is 37.1 Å². The third kappa shape index (κ3) is 2.39. The largest absolute Gasteiger partial charge is 0.388 e. The highest BCUT2D eigenvalue weighted by Gasteiger charge is 2.72. The van der Waals surface area contributed by atoms with Crippen LogP contribution in [0, 0.1) is 0 Å². The molecule has 2 heterocycles. The van der Waals surface area contributed by atoms with Crippen LogP contribution in [0.3, 0.4) is 0 Å². The van der Waals surface area contributed by atoms with E-state index in [1.54, 1.807) is 4.90 Å².